The van der Waals surface area contributed by atoms with E-state index in [1.54, 1.807) is 6.07 Å². The van der Waals surface area contributed by atoms with Gasteiger partial charge in [0.2, 0.25) is 10.0 Å². The molecule has 29 heavy (non-hydrogen) atoms. The van der Waals surface area contributed by atoms with E-state index in [9.17, 15) is 13.2 Å². The molecule has 0 saturated heterocycles. The van der Waals surface area contributed by atoms with Gasteiger partial charge in [0, 0.05) is 19.0 Å². The Bertz CT molecular complexity index is 966. The van der Waals surface area contributed by atoms with Crippen molar-refractivity contribution in [3.63, 3.8) is 0 Å². The first-order chi connectivity index (χ1) is 13.8. The second-order valence-corrected chi connectivity index (χ2v) is 8.73. The van der Waals surface area contributed by atoms with Crippen LogP contribution >= 0.6 is 0 Å². The molecule has 0 aliphatic carbocycles. The SMILES string of the molecule is Cc1cc(C)cc(COC(=O)CCCNS(=O)(=O)c2ccc3c(c2)OCCO3)c1. The molecule has 0 aromatic heterocycles. The van der Waals surface area contributed by atoms with Crippen LogP contribution < -0.4 is 14.2 Å². The number of esters is 1. The predicted octanol–water partition coefficient (Wildman–Crippen LogP) is 2.88. The lowest BCUT2D eigenvalue weighted by Gasteiger charge is -2.18. The number of aryl methyl sites for hydroxylation is 2. The molecular formula is C21H25NO6S. The van der Waals surface area contributed by atoms with Gasteiger partial charge in [-0.15, -0.1) is 0 Å². The zero-order valence-corrected chi connectivity index (χ0v) is 17.4. The van der Waals surface area contributed by atoms with Crippen LogP contribution in [0.2, 0.25) is 0 Å². The Morgan fingerprint density at radius 1 is 1.03 bits per heavy atom. The third kappa shape index (κ3) is 5.95. The molecule has 1 N–H and O–H groups in total. The molecule has 3 rings (SSSR count). The Balaban J connectivity index is 1.44. The van der Waals surface area contributed by atoms with Crippen LogP contribution in [0.5, 0.6) is 11.5 Å². The lowest BCUT2D eigenvalue weighted by molar-refractivity contribution is -0.145. The topological polar surface area (TPSA) is 90.9 Å². The Morgan fingerprint density at radius 3 is 2.45 bits per heavy atom. The molecule has 0 amide bonds. The van der Waals surface area contributed by atoms with Crippen LogP contribution in [0.3, 0.4) is 0 Å². The molecule has 1 aliphatic heterocycles. The van der Waals surface area contributed by atoms with Gasteiger partial charge in [0.15, 0.2) is 11.5 Å². The Morgan fingerprint density at radius 2 is 1.72 bits per heavy atom. The van der Waals surface area contributed by atoms with Crippen molar-refractivity contribution in [3.05, 3.63) is 53.1 Å². The molecule has 2 aromatic rings. The number of sulfonamides is 1. The van der Waals surface area contributed by atoms with Gasteiger partial charge in [0.25, 0.3) is 0 Å². The summed E-state index contributed by atoms with van der Waals surface area (Å²) in [6.45, 7) is 5.16. The molecular weight excluding hydrogens is 394 g/mol. The summed E-state index contributed by atoms with van der Waals surface area (Å²) in [4.78, 5) is 12.0. The molecule has 156 valence electrons. The molecule has 0 atom stereocenters. The van der Waals surface area contributed by atoms with Crippen molar-refractivity contribution in [3.8, 4) is 11.5 Å². The van der Waals surface area contributed by atoms with E-state index in [-0.39, 0.29) is 30.4 Å². The van der Waals surface area contributed by atoms with Crippen molar-refractivity contribution >= 4 is 16.0 Å². The summed E-state index contributed by atoms with van der Waals surface area (Å²) in [7, 11) is -3.69. The predicted molar refractivity (Wildman–Crippen MR) is 108 cm³/mol. The maximum absolute atomic E-state index is 12.4. The highest BCUT2D eigenvalue weighted by Crippen LogP contribution is 2.32. The lowest BCUT2D eigenvalue weighted by atomic mass is 10.1. The Hall–Kier alpha value is -2.58. The second kappa shape index (κ2) is 9.28. The molecule has 7 nitrogen and oxygen atoms in total. The average molecular weight is 419 g/mol. The quantitative estimate of drug-likeness (QED) is 0.523. The molecule has 1 heterocycles. The molecule has 0 saturated carbocycles. The summed E-state index contributed by atoms with van der Waals surface area (Å²) in [6, 6.07) is 10.5. The molecule has 8 heteroatoms. The van der Waals surface area contributed by atoms with E-state index in [4.69, 9.17) is 14.2 Å². The standard InChI is InChI=1S/C21H25NO6S/c1-15-10-16(2)12-17(11-15)14-28-21(23)4-3-7-22-29(24,25)18-5-6-19-20(13-18)27-9-8-26-19/h5-6,10-13,22H,3-4,7-9,14H2,1-2H3. The number of fused-ring (bicyclic) bond motifs is 1. The van der Waals surface area contributed by atoms with E-state index in [0.29, 0.717) is 31.1 Å². The van der Waals surface area contributed by atoms with E-state index in [1.165, 1.54) is 12.1 Å². The van der Waals surface area contributed by atoms with Crippen molar-refractivity contribution in [1.29, 1.82) is 0 Å². The van der Waals surface area contributed by atoms with E-state index in [0.717, 1.165) is 16.7 Å². The fourth-order valence-corrected chi connectivity index (χ4v) is 4.19. The zero-order chi connectivity index (χ0) is 20.9. The van der Waals surface area contributed by atoms with Crippen LogP contribution in [-0.2, 0) is 26.2 Å². The minimum Gasteiger partial charge on any atom is -0.486 e. The first-order valence-electron chi connectivity index (χ1n) is 9.45. The van der Waals surface area contributed by atoms with Crippen molar-refractivity contribution < 1.29 is 27.4 Å². The van der Waals surface area contributed by atoms with Gasteiger partial charge >= 0.3 is 5.97 Å². The van der Waals surface area contributed by atoms with Gasteiger partial charge < -0.3 is 14.2 Å². The minimum absolute atomic E-state index is 0.0964. The maximum atomic E-state index is 12.4. The van der Waals surface area contributed by atoms with Gasteiger partial charge in [-0.05, 0) is 38.0 Å². The minimum atomic E-state index is -3.69. The summed E-state index contributed by atoms with van der Waals surface area (Å²) < 4.78 is 43.4. The molecule has 0 bridgehead atoms. The van der Waals surface area contributed by atoms with Gasteiger partial charge in [-0.25, -0.2) is 13.1 Å². The number of nitrogens with one attached hydrogen (secondary N) is 1. The van der Waals surface area contributed by atoms with Gasteiger partial charge in [0.05, 0.1) is 4.90 Å². The van der Waals surface area contributed by atoms with E-state index in [1.807, 2.05) is 26.0 Å². The molecule has 0 fully saturated rings. The van der Waals surface area contributed by atoms with Gasteiger partial charge in [-0.3, -0.25) is 4.79 Å². The van der Waals surface area contributed by atoms with E-state index >= 15 is 0 Å². The van der Waals surface area contributed by atoms with Crippen LogP contribution in [0.4, 0.5) is 0 Å². The number of carbonyl (C=O) groups excluding carboxylic acids is 1. The first kappa shape index (κ1) is 21.1. The van der Waals surface area contributed by atoms with Crippen molar-refractivity contribution in [1.82, 2.24) is 4.72 Å². The molecule has 0 spiro atoms. The second-order valence-electron chi connectivity index (χ2n) is 6.96. The number of carbonyl (C=O) groups is 1. The summed E-state index contributed by atoms with van der Waals surface area (Å²) in [5.41, 5.74) is 3.17. The monoisotopic (exact) mass is 419 g/mol. The normalized spacial score (nSPS) is 13.2. The summed E-state index contributed by atoms with van der Waals surface area (Å²) in [5.74, 6) is 0.582. The Labute approximate surface area is 171 Å². The fourth-order valence-electron chi connectivity index (χ4n) is 3.10. The van der Waals surface area contributed by atoms with Crippen molar-refractivity contribution in [2.45, 2.75) is 38.2 Å². The Kier molecular flexibility index (Phi) is 6.76. The van der Waals surface area contributed by atoms with Crippen LogP contribution in [0.1, 0.15) is 29.5 Å². The number of benzene rings is 2. The number of rotatable bonds is 8. The van der Waals surface area contributed by atoms with E-state index < -0.39 is 10.0 Å². The van der Waals surface area contributed by atoms with Crippen LogP contribution in [-0.4, -0.2) is 34.1 Å². The largest absolute Gasteiger partial charge is 0.486 e. The number of hydrogen-bond acceptors (Lipinski definition) is 6. The molecule has 0 radical (unpaired) electrons. The van der Waals surface area contributed by atoms with Gasteiger partial charge in [-0.2, -0.15) is 0 Å². The van der Waals surface area contributed by atoms with E-state index in [2.05, 4.69) is 10.8 Å². The average Bonchev–Trinajstić information content (AvgIpc) is 2.68. The number of hydrogen-bond donors (Lipinski definition) is 1. The van der Waals surface area contributed by atoms with Crippen LogP contribution in [0.15, 0.2) is 41.3 Å². The fraction of sp³-hybridized carbons (Fsp3) is 0.381. The summed E-state index contributed by atoms with van der Waals surface area (Å²) >= 11 is 0. The third-order valence-electron chi connectivity index (χ3n) is 4.35. The van der Waals surface area contributed by atoms with Crippen molar-refractivity contribution in [2.24, 2.45) is 0 Å². The highest BCUT2D eigenvalue weighted by atomic mass is 32.2. The molecule has 1 aliphatic rings. The summed E-state index contributed by atoms with van der Waals surface area (Å²) in [5, 5.41) is 0. The lowest BCUT2D eigenvalue weighted by Crippen LogP contribution is -2.25. The van der Waals surface area contributed by atoms with Crippen molar-refractivity contribution in [2.75, 3.05) is 19.8 Å². The summed E-state index contributed by atoms with van der Waals surface area (Å²) in [6.07, 6.45) is 0.476. The third-order valence-corrected chi connectivity index (χ3v) is 5.81. The zero-order valence-electron chi connectivity index (χ0n) is 16.6. The van der Waals surface area contributed by atoms with Crippen LogP contribution in [0, 0.1) is 13.8 Å². The smallest absolute Gasteiger partial charge is 0.306 e. The maximum Gasteiger partial charge on any atom is 0.306 e. The van der Waals surface area contributed by atoms with Gasteiger partial charge in [-0.1, -0.05) is 29.3 Å². The highest BCUT2D eigenvalue weighted by Gasteiger charge is 2.19. The van der Waals surface area contributed by atoms with Crippen LogP contribution in [0.25, 0.3) is 0 Å². The number of ether oxygens (including phenoxy) is 3. The van der Waals surface area contributed by atoms with Gasteiger partial charge in [0.1, 0.15) is 19.8 Å². The molecule has 0 unspecified atom stereocenters. The first-order valence-corrected chi connectivity index (χ1v) is 10.9. The highest BCUT2D eigenvalue weighted by molar-refractivity contribution is 7.89. The molecule has 2 aromatic carbocycles.